The first-order valence-corrected chi connectivity index (χ1v) is 17.8. The van der Waals surface area contributed by atoms with Crippen LogP contribution in [-0.2, 0) is 20.8 Å². The lowest BCUT2D eigenvalue weighted by Gasteiger charge is -2.41. The number of carboxylic acids is 1. The number of thiazole rings is 1. The lowest BCUT2D eigenvalue weighted by Crippen LogP contribution is -2.51. The molecule has 258 valence electrons. The highest BCUT2D eigenvalue weighted by Crippen LogP contribution is 2.45. The van der Waals surface area contributed by atoms with Gasteiger partial charge in [0, 0.05) is 33.0 Å². The first-order valence-electron chi connectivity index (χ1n) is 16.6. The number of aryl methyl sites for hydroxylation is 1. The van der Waals surface area contributed by atoms with E-state index >= 15 is 0 Å². The van der Waals surface area contributed by atoms with E-state index in [1.807, 2.05) is 64.1 Å². The minimum atomic E-state index is -2.53. The average Bonchev–Trinajstić information content (AvgIpc) is 3.60. The molecule has 2 aliphatic rings. The summed E-state index contributed by atoms with van der Waals surface area (Å²) in [4.78, 5) is 20.2. The van der Waals surface area contributed by atoms with Crippen LogP contribution in [0.1, 0.15) is 62.5 Å². The number of carbonyl (C=O) groups is 1. The van der Waals surface area contributed by atoms with Crippen LogP contribution in [0.2, 0.25) is 5.02 Å². The van der Waals surface area contributed by atoms with Crippen molar-refractivity contribution in [1.29, 1.82) is 0 Å². The van der Waals surface area contributed by atoms with E-state index in [9.17, 15) is 18.7 Å². The summed E-state index contributed by atoms with van der Waals surface area (Å²) in [6.07, 6.45) is -1.95. The molecule has 2 aliphatic heterocycles. The molecule has 7 rings (SSSR count). The standard InChI is InChI=1S/C37H39ClF2N4O4S/c1-20-15-27-34(31(21-5-8-24(38)9-6-21)30(20)33(36(45)46)48-37(2,3)4)49-35(41-27)23-7-10-28-26(16-23)32(42-44(28)17-29(39)40)22-11-13-43(14-12-22)25-18-47-19-25/h5-10,15-16,22,25,29,33H,11-14,17-19H2,1-4H3,(H,45,46)/t33-/m0/s1. The van der Waals surface area contributed by atoms with Gasteiger partial charge in [-0.05, 0) is 101 Å². The van der Waals surface area contributed by atoms with Crippen molar-refractivity contribution in [3.8, 4) is 21.7 Å². The van der Waals surface area contributed by atoms with Gasteiger partial charge in [-0.3, -0.25) is 9.58 Å². The smallest absolute Gasteiger partial charge is 0.337 e. The van der Waals surface area contributed by atoms with E-state index in [0.29, 0.717) is 22.1 Å². The van der Waals surface area contributed by atoms with Crippen molar-refractivity contribution in [2.24, 2.45) is 0 Å². The molecule has 0 saturated carbocycles. The number of nitrogens with zero attached hydrogens (tertiary/aromatic N) is 4. The molecule has 0 unspecified atom stereocenters. The number of likely N-dealkylation sites (tertiary alicyclic amines) is 1. The quantitative estimate of drug-likeness (QED) is 0.164. The van der Waals surface area contributed by atoms with Crippen molar-refractivity contribution >= 4 is 50.0 Å². The second kappa shape index (κ2) is 13.3. The highest BCUT2D eigenvalue weighted by Gasteiger charge is 2.34. The zero-order chi connectivity index (χ0) is 34.6. The van der Waals surface area contributed by atoms with E-state index in [1.165, 1.54) is 16.0 Å². The fourth-order valence-corrected chi connectivity index (χ4v) is 8.29. The monoisotopic (exact) mass is 708 g/mol. The maximum atomic E-state index is 13.7. The molecule has 1 N–H and O–H groups in total. The van der Waals surface area contributed by atoms with Crippen molar-refractivity contribution in [2.45, 2.75) is 77.2 Å². The molecule has 0 spiro atoms. The van der Waals surface area contributed by atoms with Gasteiger partial charge in [-0.1, -0.05) is 23.7 Å². The Morgan fingerprint density at radius 1 is 1.10 bits per heavy atom. The van der Waals surface area contributed by atoms with Crippen LogP contribution in [0.15, 0.2) is 48.5 Å². The van der Waals surface area contributed by atoms with Gasteiger partial charge in [0.1, 0.15) is 11.6 Å². The van der Waals surface area contributed by atoms with Crippen LogP contribution in [0.5, 0.6) is 0 Å². The molecule has 2 aromatic heterocycles. The summed E-state index contributed by atoms with van der Waals surface area (Å²) in [7, 11) is 0. The molecule has 1 atom stereocenters. The zero-order valence-corrected chi connectivity index (χ0v) is 29.5. The molecule has 5 aromatic rings. The molecule has 4 heterocycles. The second-order valence-electron chi connectivity index (χ2n) is 14.0. The van der Waals surface area contributed by atoms with E-state index in [-0.39, 0.29) is 5.92 Å². The summed E-state index contributed by atoms with van der Waals surface area (Å²) in [5.41, 5.74) is 5.25. The van der Waals surface area contributed by atoms with Crippen LogP contribution in [0.3, 0.4) is 0 Å². The normalized spacial score (nSPS) is 17.3. The Kier molecular flexibility index (Phi) is 9.25. The molecule has 12 heteroatoms. The summed E-state index contributed by atoms with van der Waals surface area (Å²) < 4.78 is 41.2. The van der Waals surface area contributed by atoms with Crippen molar-refractivity contribution in [1.82, 2.24) is 19.7 Å². The zero-order valence-electron chi connectivity index (χ0n) is 27.9. The Balaban J connectivity index is 1.35. The predicted molar refractivity (Wildman–Crippen MR) is 189 cm³/mol. The molecular weight excluding hydrogens is 670 g/mol. The SMILES string of the molecule is Cc1cc2nc(-c3ccc4c(c3)c(C3CCN(C5COC5)CC3)nn4CC(F)F)sc2c(-c2ccc(Cl)cc2)c1[C@H](OC(C)(C)C)C(=O)O. The largest absolute Gasteiger partial charge is 0.479 e. The third-order valence-electron chi connectivity index (χ3n) is 9.41. The van der Waals surface area contributed by atoms with Crippen molar-refractivity contribution in [3.05, 3.63) is 70.4 Å². The van der Waals surface area contributed by atoms with Crippen LogP contribution >= 0.6 is 22.9 Å². The van der Waals surface area contributed by atoms with Gasteiger partial charge >= 0.3 is 5.97 Å². The molecule has 0 aliphatic carbocycles. The highest BCUT2D eigenvalue weighted by atomic mass is 35.5. The third kappa shape index (κ3) is 6.83. The summed E-state index contributed by atoms with van der Waals surface area (Å²) in [6, 6.07) is 15.5. The van der Waals surface area contributed by atoms with E-state index < -0.39 is 30.6 Å². The summed E-state index contributed by atoms with van der Waals surface area (Å²) >= 11 is 7.73. The average molecular weight is 709 g/mol. The van der Waals surface area contributed by atoms with Gasteiger partial charge in [0.2, 0.25) is 0 Å². The second-order valence-corrected chi connectivity index (χ2v) is 15.4. The first kappa shape index (κ1) is 34.0. The number of alkyl halides is 2. The van der Waals surface area contributed by atoms with Gasteiger partial charge in [-0.15, -0.1) is 11.3 Å². The number of aliphatic carboxylic acids is 1. The predicted octanol–water partition coefficient (Wildman–Crippen LogP) is 8.73. The van der Waals surface area contributed by atoms with Gasteiger partial charge < -0.3 is 14.6 Å². The number of halogens is 3. The first-order chi connectivity index (χ1) is 23.4. The van der Waals surface area contributed by atoms with Crippen molar-refractivity contribution < 1.29 is 28.2 Å². The van der Waals surface area contributed by atoms with E-state index in [2.05, 4.69) is 4.90 Å². The van der Waals surface area contributed by atoms with Gasteiger partial charge in [-0.2, -0.15) is 5.10 Å². The van der Waals surface area contributed by atoms with Crippen LogP contribution in [0.25, 0.3) is 42.8 Å². The van der Waals surface area contributed by atoms with Crippen LogP contribution in [0.4, 0.5) is 8.78 Å². The summed E-state index contributed by atoms with van der Waals surface area (Å²) in [5.74, 6) is -0.926. The highest BCUT2D eigenvalue weighted by molar-refractivity contribution is 7.22. The van der Waals surface area contributed by atoms with Gasteiger partial charge in [-0.25, -0.2) is 18.6 Å². The van der Waals surface area contributed by atoms with Gasteiger partial charge in [0.15, 0.2) is 6.10 Å². The number of fused-ring (bicyclic) bond motifs is 2. The third-order valence-corrected chi connectivity index (χ3v) is 10.8. The number of hydrogen-bond donors (Lipinski definition) is 1. The van der Waals surface area contributed by atoms with Crippen LogP contribution in [-0.4, -0.2) is 75.1 Å². The molecule has 0 bridgehead atoms. The number of ether oxygens (including phenoxy) is 2. The van der Waals surface area contributed by atoms with E-state index in [0.717, 1.165) is 87.7 Å². The number of rotatable bonds is 9. The maximum Gasteiger partial charge on any atom is 0.337 e. The van der Waals surface area contributed by atoms with Crippen molar-refractivity contribution in [2.75, 3.05) is 26.3 Å². The molecule has 49 heavy (non-hydrogen) atoms. The van der Waals surface area contributed by atoms with Gasteiger partial charge in [0.25, 0.3) is 6.43 Å². The maximum absolute atomic E-state index is 13.7. The number of carboxylic acid groups (broad SMARTS) is 1. The Labute approximate surface area is 292 Å². The molecule has 0 amide bonds. The Hall–Kier alpha value is -3.48. The molecular formula is C37H39ClF2N4O4S. The van der Waals surface area contributed by atoms with Crippen molar-refractivity contribution in [3.63, 3.8) is 0 Å². The molecule has 0 radical (unpaired) electrons. The number of benzene rings is 3. The Morgan fingerprint density at radius 2 is 1.80 bits per heavy atom. The summed E-state index contributed by atoms with van der Waals surface area (Å²) in [5, 5.41) is 17.4. The van der Waals surface area contributed by atoms with Crippen LogP contribution in [0, 0.1) is 6.92 Å². The molecule has 2 fully saturated rings. The lowest BCUT2D eigenvalue weighted by atomic mass is 9.90. The van der Waals surface area contributed by atoms with Crippen LogP contribution < -0.4 is 0 Å². The number of aromatic nitrogens is 3. The number of piperidine rings is 1. The fourth-order valence-electron chi connectivity index (χ4n) is 7.04. The Bertz CT molecular complexity index is 2010. The number of hydrogen-bond acceptors (Lipinski definition) is 7. The minimum Gasteiger partial charge on any atom is -0.479 e. The molecule has 2 saturated heterocycles. The summed E-state index contributed by atoms with van der Waals surface area (Å²) in [6.45, 7) is 10.3. The molecule has 8 nitrogen and oxygen atoms in total. The van der Waals surface area contributed by atoms with E-state index in [1.54, 1.807) is 12.1 Å². The van der Waals surface area contributed by atoms with Gasteiger partial charge in [0.05, 0.1) is 46.3 Å². The topological polar surface area (TPSA) is 89.7 Å². The Morgan fingerprint density at radius 3 is 2.41 bits per heavy atom. The fraction of sp³-hybridized carbons (Fsp3) is 0.432. The van der Waals surface area contributed by atoms with E-state index in [4.69, 9.17) is 31.2 Å². The lowest BCUT2D eigenvalue weighted by molar-refractivity contribution is -0.160. The molecule has 3 aromatic carbocycles. The minimum absolute atomic E-state index is 0.154.